The number of benzene rings is 1. The Labute approximate surface area is 111 Å². The van der Waals surface area contributed by atoms with Gasteiger partial charge in [-0.3, -0.25) is 9.78 Å². The summed E-state index contributed by atoms with van der Waals surface area (Å²) in [6.45, 7) is 0. The lowest BCUT2D eigenvalue weighted by molar-refractivity contribution is -0.137. The molecule has 4 nitrogen and oxygen atoms in total. The van der Waals surface area contributed by atoms with Crippen LogP contribution in [0.4, 0.5) is 0 Å². The monoisotopic (exact) mass is 256 g/mol. The molecule has 0 saturated heterocycles. The SMILES string of the molecule is N[C@H](CC(=O)O)Cc1ccc(-c2cccnc2)cc1. The van der Waals surface area contributed by atoms with Crippen LogP contribution in [0.3, 0.4) is 0 Å². The van der Waals surface area contributed by atoms with Gasteiger partial charge in [-0.25, -0.2) is 0 Å². The topological polar surface area (TPSA) is 76.2 Å². The third-order valence-electron chi connectivity index (χ3n) is 2.88. The number of carboxylic acid groups (broad SMARTS) is 1. The van der Waals surface area contributed by atoms with Gasteiger partial charge in [0.15, 0.2) is 0 Å². The van der Waals surface area contributed by atoms with Gasteiger partial charge in [0.25, 0.3) is 0 Å². The van der Waals surface area contributed by atoms with Crippen molar-refractivity contribution >= 4 is 5.97 Å². The molecule has 1 aromatic heterocycles. The maximum atomic E-state index is 10.6. The van der Waals surface area contributed by atoms with E-state index < -0.39 is 5.97 Å². The van der Waals surface area contributed by atoms with Crippen molar-refractivity contribution in [1.82, 2.24) is 4.98 Å². The molecular weight excluding hydrogens is 240 g/mol. The summed E-state index contributed by atoms with van der Waals surface area (Å²) in [5, 5.41) is 8.67. The van der Waals surface area contributed by atoms with E-state index >= 15 is 0 Å². The van der Waals surface area contributed by atoms with Gasteiger partial charge < -0.3 is 10.8 Å². The van der Waals surface area contributed by atoms with Crippen LogP contribution in [-0.2, 0) is 11.2 Å². The van der Waals surface area contributed by atoms with Crippen molar-refractivity contribution in [3.63, 3.8) is 0 Å². The van der Waals surface area contributed by atoms with E-state index in [0.717, 1.165) is 16.7 Å². The number of carbonyl (C=O) groups is 1. The molecule has 2 aromatic rings. The van der Waals surface area contributed by atoms with Gasteiger partial charge in [-0.2, -0.15) is 0 Å². The number of rotatable bonds is 5. The van der Waals surface area contributed by atoms with E-state index in [0.29, 0.717) is 6.42 Å². The lowest BCUT2D eigenvalue weighted by Crippen LogP contribution is -2.26. The van der Waals surface area contributed by atoms with Crippen LogP contribution < -0.4 is 5.73 Å². The van der Waals surface area contributed by atoms with E-state index in [1.165, 1.54) is 0 Å². The standard InChI is InChI=1S/C15H16N2O2/c16-14(9-15(18)19)8-11-3-5-12(6-4-11)13-2-1-7-17-10-13/h1-7,10,14H,8-9,16H2,(H,18,19)/t14-/m0/s1. The summed E-state index contributed by atoms with van der Waals surface area (Å²) in [7, 11) is 0. The second-order valence-corrected chi connectivity index (χ2v) is 4.50. The van der Waals surface area contributed by atoms with Crippen LogP contribution in [0.15, 0.2) is 48.8 Å². The Balaban J connectivity index is 2.05. The van der Waals surface area contributed by atoms with Crippen molar-refractivity contribution in [2.24, 2.45) is 5.73 Å². The summed E-state index contributed by atoms with van der Waals surface area (Å²) in [5.41, 5.74) is 8.95. The molecule has 0 aliphatic rings. The highest BCUT2D eigenvalue weighted by atomic mass is 16.4. The fraction of sp³-hybridized carbons (Fsp3) is 0.200. The van der Waals surface area contributed by atoms with Gasteiger partial charge in [0.1, 0.15) is 0 Å². The highest BCUT2D eigenvalue weighted by Crippen LogP contribution is 2.18. The van der Waals surface area contributed by atoms with E-state index in [4.69, 9.17) is 10.8 Å². The van der Waals surface area contributed by atoms with Crippen molar-refractivity contribution in [2.45, 2.75) is 18.9 Å². The maximum absolute atomic E-state index is 10.6. The molecule has 0 unspecified atom stereocenters. The molecule has 0 aliphatic carbocycles. The molecule has 3 N–H and O–H groups in total. The second kappa shape index (κ2) is 6.11. The Kier molecular flexibility index (Phi) is 4.26. The number of aliphatic carboxylic acids is 1. The average Bonchev–Trinajstić information content (AvgIpc) is 2.39. The molecule has 1 atom stereocenters. The van der Waals surface area contributed by atoms with Gasteiger partial charge in [-0.1, -0.05) is 30.3 Å². The third-order valence-corrected chi connectivity index (χ3v) is 2.88. The Morgan fingerprint density at radius 1 is 1.21 bits per heavy atom. The zero-order chi connectivity index (χ0) is 13.7. The smallest absolute Gasteiger partial charge is 0.304 e. The van der Waals surface area contributed by atoms with Crippen molar-refractivity contribution in [3.05, 3.63) is 54.4 Å². The van der Waals surface area contributed by atoms with Crippen molar-refractivity contribution in [2.75, 3.05) is 0 Å². The van der Waals surface area contributed by atoms with Gasteiger partial charge >= 0.3 is 5.97 Å². The van der Waals surface area contributed by atoms with Gasteiger partial charge in [-0.05, 0) is 29.2 Å². The van der Waals surface area contributed by atoms with E-state index in [1.807, 2.05) is 42.6 Å². The number of nitrogens with zero attached hydrogens (tertiary/aromatic N) is 1. The molecule has 0 bridgehead atoms. The molecule has 4 heteroatoms. The van der Waals surface area contributed by atoms with Crippen LogP contribution in [0, 0.1) is 0 Å². The minimum Gasteiger partial charge on any atom is -0.481 e. The average molecular weight is 256 g/mol. The fourth-order valence-electron chi connectivity index (χ4n) is 1.97. The normalized spacial score (nSPS) is 12.1. The number of hydrogen-bond donors (Lipinski definition) is 2. The molecular formula is C15H16N2O2. The molecule has 0 amide bonds. The summed E-state index contributed by atoms with van der Waals surface area (Å²) in [4.78, 5) is 14.6. The minimum atomic E-state index is -0.862. The summed E-state index contributed by atoms with van der Waals surface area (Å²) in [5.74, 6) is -0.862. The van der Waals surface area contributed by atoms with E-state index in [2.05, 4.69) is 4.98 Å². The first-order valence-corrected chi connectivity index (χ1v) is 6.12. The van der Waals surface area contributed by atoms with Crippen molar-refractivity contribution in [1.29, 1.82) is 0 Å². The lowest BCUT2D eigenvalue weighted by Gasteiger charge is -2.09. The predicted octanol–water partition coefficient (Wildman–Crippen LogP) is 2.09. The van der Waals surface area contributed by atoms with E-state index in [-0.39, 0.29) is 12.5 Å². The Morgan fingerprint density at radius 3 is 2.53 bits per heavy atom. The largest absolute Gasteiger partial charge is 0.481 e. The highest BCUT2D eigenvalue weighted by Gasteiger charge is 2.08. The number of nitrogens with two attached hydrogens (primary N) is 1. The summed E-state index contributed by atoms with van der Waals surface area (Å²) < 4.78 is 0. The Bertz CT molecular complexity index is 538. The second-order valence-electron chi connectivity index (χ2n) is 4.50. The zero-order valence-corrected chi connectivity index (χ0v) is 10.5. The van der Waals surface area contributed by atoms with Crippen LogP contribution in [0.1, 0.15) is 12.0 Å². The van der Waals surface area contributed by atoms with Crippen LogP contribution in [0.25, 0.3) is 11.1 Å². The number of aromatic nitrogens is 1. The molecule has 0 spiro atoms. The van der Waals surface area contributed by atoms with Crippen molar-refractivity contribution < 1.29 is 9.90 Å². The van der Waals surface area contributed by atoms with Crippen molar-refractivity contribution in [3.8, 4) is 11.1 Å². The minimum absolute atomic E-state index is 0.00957. The predicted molar refractivity (Wildman–Crippen MR) is 73.6 cm³/mol. The van der Waals surface area contributed by atoms with Crippen LogP contribution in [0.5, 0.6) is 0 Å². The van der Waals surface area contributed by atoms with E-state index in [1.54, 1.807) is 6.20 Å². The van der Waals surface area contributed by atoms with Gasteiger partial charge in [0.2, 0.25) is 0 Å². The first-order chi connectivity index (χ1) is 9.15. The van der Waals surface area contributed by atoms with Gasteiger partial charge in [0.05, 0.1) is 6.42 Å². The quantitative estimate of drug-likeness (QED) is 0.858. The summed E-state index contributed by atoms with van der Waals surface area (Å²) in [6, 6.07) is 11.5. The van der Waals surface area contributed by atoms with Crippen LogP contribution >= 0.6 is 0 Å². The fourth-order valence-corrected chi connectivity index (χ4v) is 1.97. The van der Waals surface area contributed by atoms with E-state index in [9.17, 15) is 4.79 Å². The first-order valence-electron chi connectivity index (χ1n) is 6.12. The molecule has 1 aromatic carbocycles. The Morgan fingerprint density at radius 2 is 1.95 bits per heavy atom. The third kappa shape index (κ3) is 3.89. The molecule has 98 valence electrons. The molecule has 19 heavy (non-hydrogen) atoms. The lowest BCUT2D eigenvalue weighted by atomic mass is 10.0. The van der Waals surface area contributed by atoms with Gasteiger partial charge in [-0.15, -0.1) is 0 Å². The first kappa shape index (κ1) is 13.2. The molecule has 0 radical (unpaired) electrons. The molecule has 0 saturated carbocycles. The number of carboxylic acids is 1. The highest BCUT2D eigenvalue weighted by molar-refractivity contribution is 5.67. The van der Waals surface area contributed by atoms with Crippen LogP contribution in [-0.4, -0.2) is 22.1 Å². The molecule has 1 heterocycles. The zero-order valence-electron chi connectivity index (χ0n) is 10.5. The number of pyridine rings is 1. The van der Waals surface area contributed by atoms with Gasteiger partial charge in [0, 0.05) is 18.4 Å². The summed E-state index contributed by atoms with van der Waals surface area (Å²) >= 11 is 0. The Hall–Kier alpha value is -2.20. The van der Waals surface area contributed by atoms with Crippen LogP contribution in [0.2, 0.25) is 0 Å². The molecule has 2 rings (SSSR count). The molecule has 0 aliphatic heterocycles. The molecule has 0 fully saturated rings. The maximum Gasteiger partial charge on any atom is 0.304 e. The summed E-state index contributed by atoms with van der Waals surface area (Å²) in [6.07, 6.45) is 4.11. The number of hydrogen-bond acceptors (Lipinski definition) is 3.